The van der Waals surface area contributed by atoms with Gasteiger partial charge >= 0.3 is 0 Å². The highest BCUT2D eigenvalue weighted by Crippen LogP contribution is 2.34. The van der Waals surface area contributed by atoms with Crippen LogP contribution in [0.4, 0.5) is 5.69 Å². The number of amides is 2. The predicted molar refractivity (Wildman–Crippen MR) is 108 cm³/mol. The Balaban J connectivity index is 2.07. The zero-order valence-electron chi connectivity index (χ0n) is 12.8. The average Bonchev–Trinajstić information content (AvgIpc) is 2.58. The van der Waals surface area contributed by atoms with Gasteiger partial charge in [-0.3, -0.25) is 19.8 Å². The molecule has 2 aromatic rings. The average molecular weight is 472 g/mol. The molecular formula is C17H9BrCl2N2O3S. The number of carbonyl (C=O) groups is 2. The van der Waals surface area contributed by atoms with Gasteiger partial charge < -0.3 is 5.11 Å². The summed E-state index contributed by atoms with van der Waals surface area (Å²) < 4.78 is 0.431. The van der Waals surface area contributed by atoms with Gasteiger partial charge in [-0.15, -0.1) is 0 Å². The molecule has 3 rings (SSSR count). The number of carbonyl (C=O) groups excluding carboxylic acids is 2. The number of aromatic hydroxyl groups is 1. The zero-order chi connectivity index (χ0) is 19.0. The van der Waals surface area contributed by atoms with E-state index in [9.17, 15) is 14.7 Å². The molecule has 0 unspecified atom stereocenters. The first-order chi connectivity index (χ1) is 12.3. The van der Waals surface area contributed by atoms with Gasteiger partial charge in [0.1, 0.15) is 11.3 Å². The molecule has 2 amide bonds. The molecule has 0 aromatic heterocycles. The fraction of sp³-hybridized carbons (Fsp3) is 0. The summed E-state index contributed by atoms with van der Waals surface area (Å²) in [4.78, 5) is 26.3. The fourth-order valence-electron chi connectivity index (χ4n) is 2.32. The first-order valence-corrected chi connectivity index (χ1v) is 9.09. The van der Waals surface area contributed by atoms with E-state index in [1.54, 1.807) is 30.3 Å². The molecule has 1 heterocycles. The summed E-state index contributed by atoms with van der Waals surface area (Å²) in [5.41, 5.74) is 0.678. The van der Waals surface area contributed by atoms with E-state index in [-0.39, 0.29) is 32.2 Å². The van der Waals surface area contributed by atoms with Gasteiger partial charge in [0, 0.05) is 0 Å². The van der Waals surface area contributed by atoms with E-state index in [1.165, 1.54) is 12.1 Å². The number of benzene rings is 2. The summed E-state index contributed by atoms with van der Waals surface area (Å²) in [7, 11) is 0. The summed E-state index contributed by atoms with van der Waals surface area (Å²) >= 11 is 20.5. The van der Waals surface area contributed by atoms with Gasteiger partial charge in [0.05, 0.1) is 20.2 Å². The maximum Gasteiger partial charge on any atom is 0.270 e. The highest BCUT2D eigenvalue weighted by molar-refractivity contribution is 9.10. The molecule has 2 N–H and O–H groups in total. The maximum absolute atomic E-state index is 12.9. The second-order valence-electron chi connectivity index (χ2n) is 5.24. The Hall–Kier alpha value is -1.93. The van der Waals surface area contributed by atoms with E-state index in [0.29, 0.717) is 10.0 Å². The van der Waals surface area contributed by atoms with Gasteiger partial charge in [-0.05, 0) is 64.1 Å². The van der Waals surface area contributed by atoms with E-state index in [1.807, 2.05) is 0 Å². The van der Waals surface area contributed by atoms with Gasteiger partial charge in [0.15, 0.2) is 5.11 Å². The number of rotatable bonds is 2. The standard InChI is InChI=1S/C17H9BrCl2N2O3S/c18-10-7-8(4-5-13(10)23)6-9-15(24)21-17(26)22(16(9)25)12-3-1-2-11(19)14(12)20/h1-7,23H,(H,21,24,26)/b9-6+. The normalized spacial score (nSPS) is 16.2. The van der Waals surface area contributed by atoms with Crippen LogP contribution in [0.5, 0.6) is 5.75 Å². The van der Waals surface area contributed by atoms with Crippen molar-refractivity contribution in [2.75, 3.05) is 4.90 Å². The number of halogens is 3. The molecule has 1 aliphatic rings. The van der Waals surface area contributed by atoms with Crippen LogP contribution >= 0.6 is 51.3 Å². The summed E-state index contributed by atoms with van der Waals surface area (Å²) in [6, 6.07) is 9.36. The fourth-order valence-corrected chi connectivity index (χ4v) is 3.37. The van der Waals surface area contributed by atoms with Crippen molar-refractivity contribution in [2.24, 2.45) is 0 Å². The monoisotopic (exact) mass is 470 g/mol. The van der Waals surface area contributed by atoms with E-state index < -0.39 is 11.8 Å². The van der Waals surface area contributed by atoms with Crippen LogP contribution < -0.4 is 10.2 Å². The molecule has 2 aromatic carbocycles. The lowest BCUT2D eigenvalue weighted by atomic mass is 10.1. The molecular weight excluding hydrogens is 463 g/mol. The minimum absolute atomic E-state index is 0.0417. The summed E-state index contributed by atoms with van der Waals surface area (Å²) in [5, 5.41) is 12.3. The topological polar surface area (TPSA) is 69.6 Å². The smallest absolute Gasteiger partial charge is 0.270 e. The van der Waals surface area contributed by atoms with Crippen molar-refractivity contribution in [3.05, 3.63) is 62.1 Å². The zero-order valence-corrected chi connectivity index (χ0v) is 16.7. The number of phenols is 1. The minimum atomic E-state index is -0.632. The van der Waals surface area contributed by atoms with Crippen LogP contribution in [-0.2, 0) is 9.59 Å². The van der Waals surface area contributed by atoms with E-state index in [0.717, 1.165) is 4.90 Å². The first-order valence-electron chi connectivity index (χ1n) is 7.13. The van der Waals surface area contributed by atoms with Gasteiger partial charge in [-0.2, -0.15) is 0 Å². The van der Waals surface area contributed by atoms with Crippen molar-refractivity contribution in [3.63, 3.8) is 0 Å². The molecule has 0 spiro atoms. The molecule has 0 bridgehead atoms. The first kappa shape index (κ1) is 18.8. The number of thiocarbonyl (C=S) groups is 1. The van der Waals surface area contributed by atoms with Crippen LogP contribution in [0, 0.1) is 0 Å². The molecule has 1 saturated heterocycles. The molecule has 0 aliphatic carbocycles. The van der Waals surface area contributed by atoms with E-state index in [4.69, 9.17) is 35.4 Å². The summed E-state index contributed by atoms with van der Waals surface area (Å²) in [6.45, 7) is 0. The van der Waals surface area contributed by atoms with Gasteiger partial charge in [0.25, 0.3) is 11.8 Å². The van der Waals surface area contributed by atoms with Gasteiger partial charge in [-0.25, -0.2) is 0 Å². The van der Waals surface area contributed by atoms with Crippen molar-refractivity contribution in [1.82, 2.24) is 5.32 Å². The Morgan fingerprint density at radius 3 is 2.62 bits per heavy atom. The summed E-state index contributed by atoms with van der Waals surface area (Å²) in [5.74, 6) is -1.22. The third kappa shape index (κ3) is 3.48. The number of hydrogen-bond acceptors (Lipinski definition) is 4. The molecule has 9 heteroatoms. The minimum Gasteiger partial charge on any atom is -0.507 e. The Kier molecular flexibility index (Phi) is 5.34. The van der Waals surface area contributed by atoms with E-state index >= 15 is 0 Å². The van der Waals surface area contributed by atoms with Crippen LogP contribution in [0.2, 0.25) is 10.0 Å². The predicted octanol–water partition coefficient (Wildman–Crippen LogP) is 4.29. The third-order valence-corrected chi connectivity index (χ3v) is 5.29. The van der Waals surface area contributed by atoms with Crippen molar-refractivity contribution in [2.45, 2.75) is 0 Å². The third-order valence-electron chi connectivity index (χ3n) is 3.56. The molecule has 1 fully saturated rings. The lowest BCUT2D eigenvalue weighted by Crippen LogP contribution is -2.54. The number of hydrogen-bond donors (Lipinski definition) is 2. The Morgan fingerprint density at radius 2 is 1.92 bits per heavy atom. The molecule has 26 heavy (non-hydrogen) atoms. The Morgan fingerprint density at radius 1 is 1.19 bits per heavy atom. The highest BCUT2D eigenvalue weighted by atomic mass is 79.9. The lowest BCUT2D eigenvalue weighted by Gasteiger charge is -2.29. The molecule has 0 atom stereocenters. The van der Waals surface area contributed by atoms with Crippen LogP contribution in [0.15, 0.2) is 46.4 Å². The second-order valence-corrected chi connectivity index (χ2v) is 7.27. The van der Waals surface area contributed by atoms with E-state index in [2.05, 4.69) is 21.2 Å². The largest absolute Gasteiger partial charge is 0.507 e. The van der Waals surface area contributed by atoms with Crippen LogP contribution in [-0.4, -0.2) is 22.0 Å². The van der Waals surface area contributed by atoms with Crippen molar-refractivity contribution in [3.8, 4) is 5.75 Å². The highest BCUT2D eigenvalue weighted by Gasteiger charge is 2.35. The van der Waals surface area contributed by atoms with Crippen LogP contribution in [0.25, 0.3) is 6.08 Å². The van der Waals surface area contributed by atoms with Crippen molar-refractivity contribution >= 4 is 80.0 Å². The molecule has 5 nitrogen and oxygen atoms in total. The quantitative estimate of drug-likeness (QED) is 0.389. The number of phenolic OH excluding ortho intramolecular Hbond substituents is 1. The lowest BCUT2D eigenvalue weighted by molar-refractivity contribution is -0.122. The molecule has 0 radical (unpaired) electrons. The molecule has 132 valence electrons. The SMILES string of the molecule is O=C1NC(=S)N(c2cccc(Cl)c2Cl)C(=O)/C1=C/c1ccc(O)c(Br)c1. The number of anilines is 1. The van der Waals surface area contributed by atoms with Crippen LogP contribution in [0.3, 0.4) is 0 Å². The second kappa shape index (κ2) is 7.36. The van der Waals surface area contributed by atoms with Crippen LogP contribution in [0.1, 0.15) is 5.56 Å². The Bertz CT molecular complexity index is 994. The van der Waals surface area contributed by atoms with Crippen molar-refractivity contribution in [1.29, 1.82) is 0 Å². The maximum atomic E-state index is 12.9. The number of nitrogens with one attached hydrogen (secondary N) is 1. The number of nitrogens with zero attached hydrogens (tertiary/aromatic N) is 1. The molecule has 0 saturated carbocycles. The summed E-state index contributed by atoms with van der Waals surface area (Å²) in [6.07, 6.45) is 1.40. The molecule has 1 aliphatic heterocycles. The Labute approximate surface area is 172 Å². The van der Waals surface area contributed by atoms with Crippen molar-refractivity contribution < 1.29 is 14.7 Å². The van der Waals surface area contributed by atoms with Gasteiger partial charge in [-0.1, -0.05) is 35.3 Å². The van der Waals surface area contributed by atoms with Gasteiger partial charge in [0.2, 0.25) is 0 Å².